The van der Waals surface area contributed by atoms with E-state index in [-0.39, 0.29) is 6.79 Å². The Balaban J connectivity index is 1.49. The van der Waals surface area contributed by atoms with Gasteiger partial charge >= 0.3 is 0 Å². The molecule has 0 atom stereocenters. The monoisotopic (exact) mass is 403 g/mol. The third-order valence-corrected chi connectivity index (χ3v) is 5.38. The highest BCUT2D eigenvalue weighted by Gasteiger charge is 2.13. The first kappa shape index (κ1) is 19.0. The fourth-order valence-electron chi connectivity index (χ4n) is 3.10. The summed E-state index contributed by atoms with van der Waals surface area (Å²) >= 11 is 1.46. The summed E-state index contributed by atoms with van der Waals surface area (Å²) in [5.74, 6) is 2.05. The van der Waals surface area contributed by atoms with Crippen molar-refractivity contribution in [2.75, 3.05) is 12.1 Å². The van der Waals surface area contributed by atoms with E-state index >= 15 is 0 Å². The molecule has 0 saturated heterocycles. The predicted octanol–water partition coefficient (Wildman–Crippen LogP) is 5.71. The molecule has 0 amide bonds. The summed E-state index contributed by atoms with van der Waals surface area (Å²) in [5.41, 5.74) is 4.56. The number of hydrogen-bond donors (Lipinski definition) is 1. The van der Waals surface area contributed by atoms with Crippen molar-refractivity contribution in [1.29, 1.82) is 5.26 Å². The first-order chi connectivity index (χ1) is 14.1. The number of ether oxygens (including phenoxy) is 2. The lowest BCUT2D eigenvalue weighted by Gasteiger charge is -2.05. The smallest absolute Gasteiger partial charge is 0.231 e. The number of rotatable bonds is 6. The average Bonchev–Trinajstić information content (AvgIpc) is 3.38. The molecule has 0 saturated carbocycles. The lowest BCUT2D eigenvalue weighted by Crippen LogP contribution is -1.93. The molecule has 0 fully saturated rings. The zero-order chi connectivity index (χ0) is 20.2. The van der Waals surface area contributed by atoms with Crippen LogP contribution in [0.3, 0.4) is 0 Å². The van der Waals surface area contributed by atoms with E-state index in [1.165, 1.54) is 16.9 Å². The Morgan fingerprint density at radius 1 is 1.21 bits per heavy atom. The van der Waals surface area contributed by atoms with Crippen LogP contribution in [0.1, 0.15) is 24.4 Å². The number of benzene rings is 2. The Hall–Kier alpha value is -3.30. The van der Waals surface area contributed by atoms with Gasteiger partial charge in [-0.1, -0.05) is 38.1 Å². The van der Waals surface area contributed by atoms with Crippen molar-refractivity contribution in [2.24, 2.45) is 5.92 Å². The summed E-state index contributed by atoms with van der Waals surface area (Å²) in [6, 6.07) is 16.3. The highest BCUT2D eigenvalue weighted by atomic mass is 32.1. The lowest BCUT2D eigenvalue weighted by molar-refractivity contribution is 0.174. The molecule has 0 bridgehead atoms. The minimum atomic E-state index is 0.235. The molecule has 146 valence electrons. The van der Waals surface area contributed by atoms with Gasteiger partial charge in [0.25, 0.3) is 0 Å². The molecule has 1 aromatic heterocycles. The quantitative estimate of drug-likeness (QED) is 0.534. The third kappa shape index (κ3) is 4.41. The van der Waals surface area contributed by atoms with Crippen LogP contribution in [-0.2, 0) is 6.42 Å². The number of hydrogen-bond acceptors (Lipinski definition) is 6. The molecule has 1 N–H and O–H groups in total. The molecular formula is C23H21N3O2S. The Morgan fingerprint density at radius 2 is 2.00 bits per heavy atom. The highest BCUT2D eigenvalue weighted by molar-refractivity contribution is 7.11. The second-order valence-electron chi connectivity index (χ2n) is 7.21. The van der Waals surface area contributed by atoms with Gasteiger partial charge < -0.3 is 14.8 Å². The number of nitriles is 1. The van der Waals surface area contributed by atoms with Crippen molar-refractivity contribution >= 4 is 22.6 Å². The van der Waals surface area contributed by atoms with E-state index < -0.39 is 0 Å². The van der Waals surface area contributed by atoms with Gasteiger partial charge in [-0.3, -0.25) is 0 Å². The van der Waals surface area contributed by atoms with Crippen LogP contribution < -0.4 is 14.8 Å². The number of allylic oxidation sites excluding steroid dienone is 1. The van der Waals surface area contributed by atoms with Crippen LogP contribution in [0.15, 0.2) is 54.0 Å². The summed E-state index contributed by atoms with van der Waals surface area (Å²) in [4.78, 5) is 4.66. The SMILES string of the molecule is CC(C)Cc1ccc(-c2csc(C(C#N)=CNc3ccc4c(c3)OCO4)n2)cc1. The van der Waals surface area contributed by atoms with Crippen LogP contribution in [0.2, 0.25) is 0 Å². The first-order valence-corrected chi connectivity index (χ1v) is 10.3. The topological polar surface area (TPSA) is 67.2 Å². The normalized spacial score (nSPS) is 12.8. The van der Waals surface area contributed by atoms with Gasteiger partial charge in [-0.2, -0.15) is 5.26 Å². The standard InChI is InChI=1S/C23H21N3O2S/c1-15(2)9-16-3-5-17(6-4-16)20-13-29-23(26-20)18(11-24)12-25-19-7-8-21-22(10-19)28-14-27-21/h3-8,10,12-13,15,25H,9,14H2,1-2H3. The van der Waals surface area contributed by atoms with Gasteiger partial charge in [0.1, 0.15) is 16.6 Å². The van der Waals surface area contributed by atoms with Gasteiger partial charge in [-0.25, -0.2) is 4.98 Å². The third-order valence-electron chi connectivity index (χ3n) is 4.50. The van der Waals surface area contributed by atoms with E-state index in [1.807, 2.05) is 23.6 Å². The van der Waals surface area contributed by atoms with E-state index in [9.17, 15) is 5.26 Å². The lowest BCUT2D eigenvalue weighted by atomic mass is 10.0. The van der Waals surface area contributed by atoms with E-state index in [2.05, 4.69) is 54.5 Å². The van der Waals surface area contributed by atoms with Crippen molar-refractivity contribution in [1.82, 2.24) is 4.98 Å². The van der Waals surface area contributed by atoms with Gasteiger partial charge in [0.2, 0.25) is 6.79 Å². The minimum Gasteiger partial charge on any atom is -0.454 e. The summed E-state index contributed by atoms with van der Waals surface area (Å²) in [5, 5.41) is 15.4. The molecule has 29 heavy (non-hydrogen) atoms. The van der Waals surface area contributed by atoms with Gasteiger partial charge in [0, 0.05) is 28.9 Å². The molecule has 0 radical (unpaired) electrons. The molecule has 3 aromatic rings. The van der Waals surface area contributed by atoms with Crippen LogP contribution >= 0.6 is 11.3 Å². The Labute approximate surface area is 174 Å². The van der Waals surface area contributed by atoms with Crippen molar-refractivity contribution < 1.29 is 9.47 Å². The maximum absolute atomic E-state index is 9.58. The fraction of sp³-hybridized carbons (Fsp3) is 0.217. The van der Waals surface area contributed by atoms with E-state index in [0.29, 0.717) is 22.2 Å². The van der Waals surface area contributed by atoms with Gasteiger partial charge in [-0.05, 0) is 30.0 Å². The van der Waals surface area contributed by atoms with E-state index in [4.69, 9.17) is 9.47 Å². The molecule has 4 rings (SSSR count). The summed E-state index contributed by atoms with van der Waals surface area (Å²) in [6.07, 6.45) is 2.74. The average molecular weight is 404 g/mol. The Kier molecular flexibility index (Phi) is 5.50. The van der Waals surface area contributed by atoms with Crippen LogP contribution in [0.25, 0.3) is 16.8 Å². The summed E-state index contributed by atoms with van der Waals surface area (Å²) in [6.45, 7) is 4.67. The number of fused-ring (bicyclic) bond motifs is 1. The molecule has 1 aliphatic heterocycles. The summed E-state index contributed by atoms with van der Waals surface area (Å²) in [7, 11) is 0. The minimum absolute atomic E-state index is 0.235. The summed E-state index contributed by atoms with van der Waals surface area (Å²) < 4.78 is 10.7. The molecule has 2 aromatic carbocycles. The van der Waals surface area contributed by atoms with E-state index in [0.717, 1.165) is 29.1 Å². The van der Waals surface area contributed by atoms with E-state index in [1.54, 1.807) is 6.20 Å². The van der Waals surface area contributed by atoms with Gasteiger partial charge in [0.15, 0.2) is 11.5 Å². The second kappa shape index (κ2) is 8.38. The van der Waals surface area contributed by atoms with Crippen molar-refractivity contribution in [3.8, 4) is 28.8 Å². The number of thiazole rings is 1. The van der Waals surface area contributed by atoms with Gasteiger partial charge in [-0.15, -0.1) is 11.3 Å². The number of aromatic nitrogens is 1. The molecule has 1 aliphatic rings. The molecule has 0 aliphatic carbocycles. The molecule has 0 unspecified atom stereocenters. The first-order valence-electron chi connectivity index (χ1n) is 9.44. The van der Waals surface area contributed by atoms with Crippen molar-refractivity contribution in [3.05, 3.63) is 64.6 Å². The van der Waals surface area contributed by atoms with Crippen LogP contribution in [0, 0.1) is 17.2 Å². The number of anilines is 1. The number of nitrogens with zero attached hydrogens (tertiary/aromatic N) is 2. The predicted molar refractivity (Wildman–Crippen MR) is 116 cm³/mol. The largest absolute Gasteiger partial charge is 0.454 e. The van der Waals surface area contributed by atoms with Crippen molar-refractivity contribution in [3.63, 3.8) is 0 Å². The molecule has 2 heterocycles. The maximum Gasteiger partial charge on any atom is 0.231 e. The number of nitrogens with one attached hydrogen (secondary N) is 1. The van der Waals surface area contributed by atoms with Crippen LogP contribution in [0.4, 0.5) is 5.69 Å². The zero-order valence-electron chi connectivity index (χ0n) is 16.3. The highest BCUT2D eigenvalue weighted by Crippen LogP contribution is 2.34. The maximum atomic E-state index is 9.58. The molecule has 0 spiro atoms. The van der Waals surface area contributed by atoms with Crippen LogP contribution in [0.5, 0.6) is 11.5 Å². The van der Waals surface area contributed by atoms with Crippen LogP contribution in [-0.4, -0.2) is 11.8 Å². The zero-order valence-corrected chi connectivity index (χ0v) is 17.1. The molecule has 6 heteroatoms. The fourth-order valence-corrected chi connectivity index (χ4v) is 3.89. The molecular weight excluding hydrogens is 382 g/mol. The van der Waals surface area contributed by atoms with Gasteiger partial charge in [0.05, 0.1) is 5.69 Å². The van der Waals surface area contributed by atoms with Crippen molar-refractivity contribution in [2.45, 2.75) is 20.3 Å². The molecule has 5 nitrogen and oxygen atoms in total. The Morgan fingerprint density at radius 3 is 2.76 bits per heavy atom. The Bertz CT molecular complexity index is 1080. The second-order valence-corrected chi connectivity index (χ2v) is 8.07.